The summed E-state index contributed by atoms with van der Waals surface area (Å²) in [6.07, 6.45) is 2.31. The fraction of sp³-hybridized carbons (Fsp3) is 0.875. The molecule has 1 rings (SSSR count). The fourth-order valence-electron chi connectivity index (χ4n) is 1.30. The molecule has 1 fully saturated rings. The van der Waals surface area contributed by atoms with Crippen molar-refractivity contribution in [2.45, 2.75) is 19.8 Å². The minimum absolute atomic E-state index is 0.304. The predicted molar refractivity (Wildman–Crippen MR) is 51.3 cm³/mol. The van der Waals surface area contributed by atoms with Crippen molar-refractivity contribution in [3.63, 3.8) is 0 Å². The summed E-state index contributed by atoms with van der Waals surface area (Å²) in [6.45, 7) is 2.32. The summed E-state index contributed by atoms with van der Waals surface area (Å²) < 4.78 is 24.5. The van der Waals surface area contributed by atoms with Gasteiger partial charge in [0, 0.05) is 6.54 Å². The van der Waals surface area contributed by atoms with Crippen LogP contribution in [0.25, 0.3) is 0 Å². The number of carbonyl (C=O) groups is 1. The molecule has 1 aliphatic rings. The lowest BCUT2D eigenvalue weighted by Crippen LogP contribution is -2.33. The van der Waals surface area contributed by atoms with Crippen LogP contribution in [-0.2, 0) is 14.8 Å². The Hall–Kier alpha value is -0.620. The molecule has 1 unspecified atom stereocenters. The molecule has 82 valence electrons. The van der Waals surface area contributed by atoms with Crippen LogP contribution in [0, 0.1) is 11.8 Å². The largest absolute Gasteiger partial charge is 0.480 e. The molecule has 0 aliphatic heterocycles. The second-order valence-electron chi connectivity index (χ2n) is 3.82. The number of sulfonamides is 1. The molecule has 1 saturated carbocycles. The van der Waals surface area contributed by atoms with Crippen molar-refractivity contribution >= 4 is 16.0 Å². The summed E-state index contributed by atoms with van der Waals surface area (Å²) in [4.78, 5) is 10.2. The van der Waals surface area contributed by atoms with Crippen LogP contribution in [0.2, 0.25) is 0 Å². The van der Waals surface area contributed by atoms with Crippen LogP contribution in [0.5, 0.6) is 0 Å². The van der Waals surface area contributed by atoms with Gasteiger partial charge in [0.25, 0.3) is 0 Å². The van der Waals surface area contributed by atoms with Gasteiger partial charge < -0.3 is 5.11 Å². The lowest BCUT2D eigenvalue weighted by atomic mass is 10.1. The summed E-state index contributed by atoms with van der Waals surface area (Å²) in [5.41, 5.74) is 0. The molecule has 5 nitrogen and oxygen atoms in total. The van der Waals surface area contributed by atoms with Crippen molar-refractivity contribution < 1.29 is 18.3 Å². The molecule has 0 amide bonds. The summed E-state index contributed by atoms with van der Waals surface area (Å²) in [6, 6.07) is 0. The van der Waals surface area contributed by atoms with E-state index < -0.39 is 21.7 Å². The molecule has 0 aromatic heterocycles. The summed E-state index contributed by atoms with van der Waals surface area (Å²) in [5.74, 6) is -1.25. The zero-order chi connectivity index (χ0) is 10.8. The van der Waals surface area contributed by atoms with Crippen molar-refractivity contribution in [2.24, 2.45) is 11.8 Å². The summed E-state index contributed by atoms with van der Waals surface area (Å²) >= 11 is 0. The van der Waals surface area contributed by atoms with Crippen molar-refractivity contribution in [1.29, 1.82) is 0 Å². The second kappa shape index (κ2) is 4.27. The first-order valence-electron chi connectivity index (χ1n) is 4.60. The molecular weight excluding hydrogens is 206 g/mol. The smallest absolute Gasteiger partial charge is 0.320 e. The van der Waals surface area contributed by atoms with Gasteiger partial charge in [0.1, 0.15) is 0 Å². The summed E-state index contributed by atoms with van der Waals surface area (Å²) in [7, 11) is -3.63. The standard InChI is InChI=1S/C8H15NO4S/c1-6(7-2-3-7)4-9-14(12,13)5-8(10)11/h6-7,9H,2-5H2,1H3,(H,10,11). The Morgan fingerprint density at radius 1 is 1.57 bits per heavy atom. The molecule has 0 aromatic carbocycles. The minimum atomic E-state index is -3.63. The molecule has 0 saturated heterocycles. The average molecular weight is 221 g/mol. The van der Waals surface area contributed by atoms with Crippen LogP contribution in [0.15, 0.2) is 0 Å². The van der Waals surface area contributed by atoms with E-state index in [4.69, 9.17) is 5.11 Å². The Morgan fingerprint density at radius 2 is 2.14 bits per heavy atom. The highest BCUT2D eigenvalue weighted by molar-refractivity contribution is 7.90. The molecule has 0 spiro atoms. The van der Waals surface area contributed by atoms with Crippen LogP contribution in [0.1, 0.15) is 19.8 Å². The van der Waals surface area contributed by atoms with E-state index in [0.29, 0.717) is 18.4 Å². The van der Waals surface area contributed by atoms with Crippen LogP contribution in [0.4, 0.5) is 0 Å². The third-order valence-corrected chi connectivity index (χ3v) is 3.60. The molecule has 0 radical (unpaired) electrons. The van der Waals surface area contributed by atoms with Crippen LogP contribution in [0.3, 0.4) is 0 Å². The number of carboxylic acid groups (broad SMARTS) is 1. The zero-order valence-corrected chi connectivity index (χ0v) is 8.88. The number of hydrogen-bond donors (Lipinski definition) is 2. The minimum Gasteiger partial charge on any atom is -0.480 e. The van der Waals surface area contributed by atoms with Crippen LogP contribution >= 0.6 is 0 Å². The van der Waals surface area contributed by atoms with Crippen LogP contribution < -0.4 is 4.72 Å². The molecule has 1 aliphatic carbocycles. The Labute approximate surface area is 83.6 Å². The third kappa shape index (κ3) is 4.06. The topological polar surface area (TPSA) is 83.5 Å². The number of hydrogen-bond acceptors (Lipinski definition) is 3. The van der Waals surface area contributed by atoms with E-state index in [0.717, 1.165) is 12.8 Å². The first kappa shape index (κ1) is 11.5. The SMILES string of the molecule is CC(CNS(=O)(=O)CC(=O)O)C1CC1. The lowest BCUT2D eigenvalue weighted by molar-refractivity contribution is -0.134. The number of nitrogens with one attached hydrogen (secondary N) is 1. The van der Waals surface area contributed by atoms with Gasteiger partial charge in [0.2, 0.25) is 10.0 Å². The maximum atomic E-state index is 11.1. The van der Waals surface area contributed by atoms with Gasteiger partial charge in [-0.15, -0.1) is 0 Å². The predicted octanol–water partition coefficient (Wildman–Crippen LogP) is 0.0365. The van der Waals surface area contributed by atoms with Crippen molar-refractivity contribution in [3.05, 3.63) is 0 Å². The van der Waals surface area contributed by atoms with E-state index in [1.165, 1.54) is 0 Å². The van der Waals surface area contributed by atoms with Crippen LogP contribution in [-0.4, -0.2) is 31.8 Å². The van der Waals surface area contributed by atoms with E-state index in [1.807, 2.05) is 6.92 Å². The molecule has 1 atom stereocenters. The number of rotatable bonds is 6. The Balaban J connectivity index is 2.31. The number of carboxylic acids is 1. The Kier molecular flexibility index (Phi) is 3.49. The van der Waals surface area contributed by atoms with Crippen molar-refractivity contribution in [2.75, 3.05) is 12.3 Å². The van der Waals surface area contributed by atoms with Crippen molar-refractivity contribution in [3.8, 4) is 0 Å². The highest BCUT2D eigenvalue weighted by Gasteiger charge is 2.28. The molecule has 6 heteroatoms. The van der Waals surface area contributed by atoms with E-state index in [1.54, 1.807) is 0 Å². The molecule has 14 heavy (non-hydrogen) atoms. The van der Waals surface area contributed by atoms with Gasteiger partial charge in [-0.2, -0.15) is 0 Å². The monoisotopic (exact) mass is 221 g/mol. The maximum Gasteiger partial charge on any atom is 0.320 e. The Morgan fingerprint density at radius 3 is 2.57 bits per heavy atom. The van der Waals surface area contributed by atoms with Gasteiger partial charge in [0.15, 0.2) is 5.75 Å². The maximum absolute atomic E-state index is 11.1. The first-order valence-corrected chi connectivity index (χ1v) is 6.25. The molecule has 0 bridgehead atoms. The summed E-state index contributed by atoms with van der Waals surface area (Å²) in [5, 5.41) is 8.32. The van der Waals surface area contributed by atoms with Gasteiger partial charge in [0.05, 0.1) is 0 Å². The van der Waals surface area contributed by atoms with E-state index >= 15 is 0 Å². The quantitative estimate of drug-likeness (QED) is 0.663. The van der Waals surface area contributed by atoms with E-state index in [-0.39, 0.29) is 0 Å². The molecular formula is C8H15NO4S. The number of aliphatic carboxylic acids is 1. The van der Waals surface area contributed by atoms with Crippen molar-refractivity contribution in [1.82, 2.24) is 4.72 Å². The van der Waals surface area contributed by atoms with Gasteiger partial charge in [-0.3, -0.25) is 4.79 Å². The van der Waals surface area contributed by atoms with Gasteiger partial charge >= 0.3 is 5.97 Å². The van der Waals surface area contributed by atoms with Gasteiger partial charge in [-0.25, -0.2) is 13.1 Å². The molecule has 0 heterocycles. The lowest BCUT2D eigenvalue weighted by Gasteiger charge is -2.10. The van der Waals surface area contributed by atoms with E-state index in [9.17, 15) is 13.2 Å². The third-order valence-electron chi connectivity index (χ3n) is 2.37. The van der Waals surface area contributed by atoms with Gasteiger partial charge in [-0.1, -0.05) is 6.92 Å². The highest BCUT2D eigenvalue weighted by atomic mass is 32.2. The van der Waals surface area contributed by atoms with Gasteiger partial charge in [-0.05, 0) is 24.7 Å². The average Bonchev–Trinajstić information content (AvgIpc) is 2.79. The normalized spacial score (nSPS) is 19.2. The Bertz CT molecular complexity index is 307. The zero-order valence-electron chi connectivity index (χ0n) is 8.06. The second-order valence-corrected chi connectivity index (χ2v) is 5.62. The molecule has 0 aromatic rings. The first-order chi connectivity index (χ1) is 6.41. The molecule has 2 N–H and O–H groups in total. The highest BCUT2D eigenvalue weighted by Crippen LogP contribution is 2.36. The fourth-order valence-corrected chi connectivity index (χ4v) is 2.25. The van der Waals surface area contributed by atoms with E-state index in [2.05, 4.69) is 4.72 Å².